The Morgan fingerprint density at radius 2 is 2.13 bits per heavy atom. The number of aromatic amines is 1. The van der Waals surface area contributed by atoms with Crippen LogP contribution < -0.4 is 10.3 Å². The number of nitrogens with one attached hydrogen (secondary N) is 1. The third-order valence-electron chi connectivity index (χ3n) is 5.82. The van der Waals surface area contributed by atoms with Gasteiger partial charge in [-0.05, 0) is 31.4 Å². The molecule has 2 aliphatic rings. The van der Waals surface area contributed by atoms with Gasteiger partial charge >= 0.3 is 0 Å². The van der Waals surface area contributed by atoms with Gasteiger partial charge in [-0.25, -0.2) is 9.97 Å². The minimum atomic E-state index is -0.0306. The molecule has 2 aromatic heterocycles. The molecule has 1 N–H and O–H groups in total. The summed E-state index contributed by atoms with van der Waals surface area (Å²) >= 11 is 1.67. The van der Waals surface area contributed by atoms with Crippen LogP contribution in [0.2, 0.25) is 0 Å². The zero-order valence-corrected chi connectivity index (χ0v) is 18.4. The summed E-state index contributed by atoms with van der Waals surface area (Å²) in [6.45, 7) is 3.07. The summed E-state index contributed by atoms with van der Waals surface area (Å²) in [5, 5.41) is 0.947. The molecule has 8 heteroatoms. The molecule has 0 aliphatic carbocycles. The lowest BCUT2D eigenvalue weighted by molar-refractivity contribution is 0.243. The van der Waals surface area contributed by atoms with E-state index in [2.05, 4.69) is 19.9 Å². The SMILES string of the molecule is COc1ccccc1-c1ncc(CN2CCc3nc(C4=NCCCC4)[nH]c(=O)c3C2)s1. The Balaban J connectivity index is 1.32. The largest absolute Gasteiger partial charge is 0.496 e. The standard InChI is InChI=1S/C23H25N5O2S/c1-30-20-8-3-2-6-16(20)23-25-12-15(31-23)13-28-11-9-18-17(14-28)22(29)27-21(26-18)19-7-4-5-10-24-19/h2-3,6,8,12H,4-5,7,9-11,13-14H2,1H3,(H,26,27,29). The normalized spacial score (nSPS) is 16.6. The zero-order chi connectivity index (χ0) is 21.2. The molecule has 2 aliphatic heterocycles. The van der Waals surface area contributed by atoms with Gasteiger partial charge in [-0.3, -0.25) is 14.7 Å². The highest BCUT2D eigenvalue weighted by molar-refractivity contribution is 7.15. The van der Waals surface area contributed by atoms with Gasteiger partial charge in [0, 0.05) is 43.7 Å². The van der Waals surface area contributed by atoms with Gasteiger partial charge in [0.05, 0.1) is 29.6 Å². The third kappa shape index (κ3) is 4.18. The lowest BCUT2D eigenvalue weighted by Gasteiger charge is -2.27. The molecule has 0 unspecified atom stereocenters. The molecule has 0 atom stereocenters. The second kappa shape index (κ2) is 8.72. The van der Waals surface area contributed by atoms with Crippen molar-refractivity contribution in [3.05, 3.63) is 62.8 Å². The van der Waals surface area contributed by atoms with E-state index in [1.54, 1.807) is 18.4 Å². The zero-order valence-electron chi connectivity index (χ0n) is 17.6. The fraction of sp³-hybridized carbons (Fsp3) is 0.391. The maximum absolute atomic E-state index is 12.8. The molecular weight excluding hydrogens is 410 g/mol. The number of hydrogen-bond donors (Lipinski definition) is 1. The molecule has 0 saturated carbocycles. The van der Waals surface area contributed by atoms with E-state index in [0.717, 1.165) is 78.6 Å². The Morgan fingerprint density at radius 1 is 1.23 bits per heavy atom. The molecule has 0 saturated heterocycles. The molecule has 0 amide bonds. The summed E-state index contributed by atoms with van der Waals surface area (Å²) in [6.07, 6.45) is 5.82. The topological polar surface area (TPSA) is 83.5 Å². The number of fused-ring (bicyclic) bond motifs is 1. The molecule has 1 aromatic carbocycles. The van der Waals surface area contributed by atoms with Crippen LogP contribution in [0.1, 0.15) is 41.2 Å². The molecule has 3 aromatic rings. The first-order chi connectivity index (χ1) is 15.2. The average molecular weight is 436 g/mol. The number of methoxy groups -OCH3 is 1. The van der Waals surface area contributed by atoms with Crippen molar-refractivity contribution in [2.75, 3.05) is 20.2 Å². The Bertz CT molecular complexity index is 1180. The van der Waals surface area contributed by atoms with Crippen LogP contribution in [0, 0.1) is 0 Å². The van der Waals surface area contributed by atoms with Crippen LogP contribution in [-0.4, -0.2) is 45.8 Å². The number of benzene rings is 1. The number of hydrogen-bond acceptors (Lipinski definition) is 7. The number of aliphatic imine (C=N–C) groups is 1. The second-order valence-corrected chi connectivity index (χ2v) is 9.03. The van der Waals surface area contributed by atoms with E-state index in [1.165, 1.54) is 4.88 Å². The first-order valence-corrected chi connectivity index (χ1v) is 11.5. The van der Waals surface area contributed by atoms with Gasteiger partial charge in [0.1, 0.15) is 10.8 Å². The van der Waals surface area contributed by atoms with Crippen LogP contribution in [-0.2, 0) is 19.5 Å². The van der Waals surface area contributed by atoms with E-state index in [0.29, 0.717) is 12.4 Å². The van der Waals surface area contributed by atoms with E-state index >= 15 is 0 Å². The van der Waals surface area contributed by atoms with Crippen LogP contribution in [0.15, 0.2) is 40.2 Å². The number of nitrogens with zero attached hydrogens (tertiary/aromatic N) is 4. The van der Waals surface area contributed by atoms with Crippen molar-refractivity contribution in [1.29, 1.82) is 0 Å². The van der Waals surface area contributed by atoms with Crippen LogP contribution in [0.3, 0.4) is 0 Å². The molecule has 5 rings (SSSR count). The molecule has 0 radical (unpaired) electrons. The Labute approximate surface area is 184 Å². The van der Waals surface area contributed by atoms with Gasteiger partial charge in [0.25, 0.3) is 5.56 Å². The number of thiazole rings is 1. The molecule has 0 fully saturated rings. The van der Waals surface area contributed by atoms with Crippen molar-refractivity contribution in [3.63, 3.8) is 0 Å². The van der Waals surface area contributed by atoms with Gasteiger partial charge in [0.2, 0.25) is 0 Å². The minimum absolute atomic E-state index is 0.0306. The minimum Gasteiger partial charge on any atom is -0.496 e. The smallest absolute Gasteiger partial charge is 0.255 e. The van der Waals surface area contributed by atoms with Crippen molar-refractivity contribution >= 4 is 17.0 Å². The van der Waals surface area contributed by atoms with Gasteiger partial charge in [-0.15, -0.1) is 11.3 Å². The summed E-state index contributed by atoms with van der Waals surface area (Å²) in [7, 11) is 1.68. The van der Waals surface area contributed by atoms with Gasteiger partial charge in [0.15, 0.2) is 5.82 Å². The molecule has 0 spiro atoms. The quantitative estimate of drug-likeness (QED) is 0.664. The Kier molecular flexibility index (Phi) is 5.65. The average Bonchev–Trinajstić information content (AvgIpc) is 3.28. The molecule has 7 nitrogen and oxygen atoms in total. The van der Waals surface area contributed by atoms with E-state index < -0.39 is 0 Å². The van der Waals surface area contributed by atoms with Gasteiger partial charge in [-0.1, -0.05) is 12.1 Å². The van der Waals surface area contributed by atoms with E-state index in [4.69, 9.17) is 9.72 Å². The van der Waals surface area contributed by atoms with E-state index in [-0.39, 0.29) is 5.56 Å². The third-order valence-corrected chi connectivity index (χ3v) is 6.83. The predicted molar refractivity (Wildman–Crippen MR) is 122 cm³/mol. The lowest BCUT2D eigenvalue weighted by atomic mass is 10.1. The summed E-state index contributed by atoms with van der Waals surface area (Å²) in [4.78, 5) is 33.1. The van der Waals surface area contributed by atoms with Crippen LogP contribution in [0.25, 0.3) is 10.6 Å². The molecule has 160 valence electrons. The van der Waals surface area contributed by atoms with Crippen molar-refractivity contribution < 1.29 is 4.74 Å². The molecule has 0 bridgehead atoms. The predicted octanol–water partition coefficient (Wildman–Crippen LogP) is 3.43. The van der Waals surface area contributed by atoms with E-state index in [1.807, 2.05) is 30.5 Å². The summed E-state index contributed by atoms with van der Waals surface area (Å²) in [5.74, 6) is 1.49. The molecule has 31 heavy (non-hydrogen) atoms. The summed E-state index contributed by atoms with van der Waals surface area (Å²) in [5.41, 5.74) is 3.62. The fourth-order valence-corrected chi connectivity index (χ4v) is 5.17. The lowest BCUT2D eigenvalue weighted by Crippen LogP contribution is -2.36. The van der Waals surface area contributed by atoms with Crippen molar-refractivity contribution in [3.8, 4) is 16.3 Å². The van der Waals surface area contributed by atoms with Crippen molar-refractivity contribution in [2.45, 2.75) is 38.8 Å². The Morgan fingerprint density at radius 3 is 2.97 bits per heavy atom. The summed E-state index contributed by atoms with van der Waals surface area (Å²) < 4.78 is 5.47. The van der Waals surface area contributed by atoms with E-state index in [9.17, 15) is 4.79 Å². The maximum atomic E-state index is 12.8. The van der Waals surface area contributed by atoms with Crippen LogP contribution in [0.5, 0.6) is 5.75 Å². The van der Waals surface area contributed by atoms with Crippen molar-refractivity contribution in [1.82, 2.24) is 19.9 Å². The molecule has 4 heterocycles. The number of rotatable bonds is 5. The highest BCUT2D eigenvalue weighted by Gasteiger charge is 2.23. The number of aromatic nitrogens is 3. The van der Waals surface area contributed by atoms with Crippen LogP contribution >= 0.6 is 11.3 Å². The van der Waals surface area contributed by atoms with Crippen molar-refractivity contribution in [2.24, 2.45) is 4.99 Å². The number of H-pyrrole nitrogens is 1. The molecular formula is C23H25N5O2S. The maximum Gasteiger partial charge on any atom is 0.255 e. The van der Waals surface area contributed by atoms with Crippen LogP contribution in [0.4, 0.5) is 0 Å². The monoisotopic (exact) mass is 435 g/mol. The first-order valence-electron chi connectivity index (χ1n) is 10.7. The first kappa shape index (κ1) is 20.1. The van der Waals surface area contributed by atoms with Gasteiger partial charge in [-0.2, -0.15) is 0 Å². The highest BCUT2D eigenvalue weighted by Crippen LogP contribution is 2.33. The second-order valence-electron chi connectivity index (χ2n) is 7.92. The fourth-order valence-electron chi connectivity index (χ4n) is 4.19. The Hall–Kier alpha value is -2.84. The summed E-state index contributed by atoms with van der Waals surface area (Å²) in [6, 6.07) is 7.93. The number of ether oxygens (including phenoxy) is 1. The number of para-hydroxylation sites is 1. The van der Waals surface area contributed by atoms with Gasteiger partial charge < -0.3 is 9.72 Å². The highest BCUT2D eigenvalue weighted by atomic mass is 32.1.